The summed E-state index contributed by atoms with van der Waals surface area (Å²) in [6.07, 6.45) is 3.69. The number of anilines is 1. The summed E-state index contributed by atoms with van der Waals surface area (Å²) >= 11 is 11.9. The van der Waals surface area contributed by atoms with Crippen LogP contribution in [0.25, 0.3) is 5.69 Å². The van der Waals surface area contributed by atoms with Crippen LogP contribution in [-0.2, 0) is 0 Å². The van der Waals surface area contributed by atoms with Gasteiger partial charge in [-0.3, -0.25) is 4.98 Å². The molecule has 2 aliphatic heterocycles. The molecule has 1 saturated heterocycles. The Balaban J connectivity index is 1.50. The first-order chi connectivity index (χ1) is 16.6. The van der Waals surface area contributed by atoms with Crippen molar-refractivity contribution in [3.8, 4) is 17.2 Å². The smallest absolute Gasteiger partial charge is 0.231 e. The molecule has 2 unspecified atom stereocenters. The first-order valence-electron chi connectivity index (χ1n) is 10.6. The molecule has 2 aromatic heterocycles. The third-order valence-electron chi connectivity index (χ3n) is 6.00. The molecule has 0 spiro atoms. The SMILES string of the molecule is Fc1ccc(-n2cccc2C2C(c3ccccn3)NC(=S)N2c2ccc3c(c2)OCO3)cc1Cl. The number of ether oxygens (including phenoxy) is 2. The lowest BCUT2D eigenvalue weighted by Crippen LogP contribution is -2.30. The van der Waals surface area contributed by atoms with Crippen LogP contribution in [0.3, 0.4) is 0 Å². The average molecular weight is 493 g/mol. The summed E-state index contributed by atoms with van der Waals surface area (Å²) in [5, 5.41) is 4.07. The van der Waals surface area contributed by atoms with E-state index in [-0.39, 0.29) is 23.9 Å². The molecule has 1 fully saturated rings. The molecular formula is C25H18ClFN4O2S. The van der Waals surface area contributed by atoms with Crippen molar-refractivity contribution in [2.75, 3.05) is 11.7 Å². The number of fused-ring (bicyclic) bond motifs is 1. The van der Waals surface area contributed by atoms with Gasteiger partial charge in [0.25, 0.3) is 0 Å². The van der Waals surface area contributed by atoms with Crippen molar-refractivity contribution in [3.05, 3.63) is 101 Å². The lowest BCUT2D eigenvalue weighted by atomic mass is 10.0. The second-order valence-corrected chi connectivity index (χ2v) is 8.73. The van der Waals surface area contributed by atoms with Crippen molar-refractivity contribution >= 4 is 34.6 Å². The molecule has 0 saturated carbocycles. The molecule has 1 N–H and O–H groups in total. The van der Waals surface area contributed by atoms with Crippen LogP contribution in [0.15, 0.2) is 79.1 Å². The van der Waals surface area contributed by atoms with Crippen molar-refractivity contribution in [3.63, 3.8) is 0 Å². The van der Waals surface area contributed by atoms with E-state index in [0.717, 1.165) is 22.8 Å². The maximum Gasteiger partial charge on any atom is 0.231 e. The maximum absolute atomic E-state index is 13.9. The van der Waals surface area contributed by atoms with Crippen molar-refractivity contribution in [1.29, 1.82) is 0 Å². The van der Waals surface area contributed by atoms with E-state index in [1.807, 2.05) is 64.2 Å². The fourth-order valence-electron chi connectivity index (χ4n) is 4.47. The van der Waals surface area contributed by atoms with Crippen molar-refractivity contribution in [2.45, 2.75) is 12.1 Å². The number of aromatic nitrogens is 2. The summed E-state index contributed by atoms with van der Waals surface area (Å²) in [7, 11) is 0. The van der Waals surface area contributed by atoms with Crippen molar-refractivity contribution < 1.29 is 13.9 Å². The zero-order valence-electron chi connectivity index (χ0n) is 17.7. The maximum atomic E-state index is 13.9. The largest absolute Gasteiger partial charge is 0.454 e. The van der Waals surface area contributed by atoms with Gasteiger partial charge in [0.05, 0.1) is 16.8 Å². The molecule has 2 atom stereocenters. The Morgan fingerprint density at radius 1 is 1.00 bits per heavy atom. The molecule has 0 radical (unpaired) electrons. The van der Waals surface area contributed by atoms with Gasteiger partial charge < -0.3 is 24.3 Å². The van der Waals surface area contributed by atoms with Gasteiger partial charge in [-0.15, -0.1) is 0 Å². The molecule has 170 valence electrons. The first kappa shape index (κ1) is 20.9. The number of nitrogens with one attached hydrogen (secondary N) is 1. The number of benzene rings is 2. The quantitative estimate of drug-likeness (QED) is 0.376. The second-order valence-electron chi connectivity index (χ2n) is 7.94. The Morgan fingerprint density at radius 3 is 2.68 bits per heavy atom. The lowest BCUT2D eigenvalue weighted by Gasteiger charge is -2.29. The highest BCUT2D eigenvalue weighted by molar-refractivity contribution is 7.80. The Bertz CT molecular complexity index is 1400. The summed E-state index contributed by atoms with van der Waals surface area (Å²) in [5.41, 5.74) is 3.39. The van der Waals surface area contributed by atoms with Crippen LogP contribution < -0.4 is 19.7 Å². The average Bonchev–Trinajstić information content (AvgIpc) is 3.59. The molecule has 0 bridgehead atoms. The lowest BCUT2D eigenvalue weighted by molar-refractivity contribution is 0.174. The van der Waals surface area contributed by atoms with E-state index in [1.54, 1.807) is 18.3 Å². The zero-order valence-corrected chi connectivity index (χ0v) is 19.3. The van der Waals surface area contributed by atoms with Gasteiger partial charge in [-0.25, -0.2) is 4.39 Å². The number of hydrogen-bond donors (Lipinski definition) is 1. The molecule has 34 heavy (non-hydrogen) atoms. The van der Waals surface area contributed by atoms with E-state index < -0.39 is 5.82 Å². The van der Waals surface area contributed by atoms with Gasteiger partial charge in [-0.05, 0) is 66.8 Å². The topological polar surface area (TPSA) is 51.6 Å². The number of hydrogen-bond acceptors (Lipinski definition) is 4. The fraction of sp³-hybridized carbons (Fsp3) is 0.120. The minimum atomic E-state index is -0.462. The number of rotatable bonds is 4. The summed E-state index contributed by atoms with van der Waals surface area (Å²) in [6.45, 7) is 0.190. The van der Waals surface area contributed by atoms with Gasteiger partial charge in [-0.2, -0.15) is 0 Å². The van der Waals surface area contributed by atoms with E-state index in [9.17, 15) is 4.39 Å². The third-order valence-corrected chi connectivity index (χ3v) is 6.60. The summed E-state index contributed by atoms with van der Waals surface area (Å²) < 4.78 is 26.9. The van der Waals surface area contributed by atoms with Crippen LogP contribution in [0.1, 0.15) is 23.5 Å². The summed E-state index contributed by atoms with van der Waals surface area (Å²) in [6, 6.07) is 19.7. The first-order valence-corrected chi connectivity index (χ1v) is 11.4. The van der Waals surface area contributed by atoms with E-state index >= 15 is 0 Å². The van der Waals surface area contributed by atoms with Gasteiger partial charge in [-0.1, -0.05) is 17.7 Å². The van der Waals surface area contributed by atoms with E-state index in [1.165, 1.54) is 6.07 Å². The van der Waals surface area contributed by atoms with Gasteiger partial charge in [0, 0.05) is 35.5 Å². The molecule has 2 aromatic carbocycles. The normalized spacial score (nSPS) is 18.9. The van der Waals surface area contributed by atoms with E-state index in [4.69, 9.17) is 33.3 Å². The molecule has 4 aromatic rings. The second kappa shape index (κ2) is 8.30. The number of thiocarbonyl (C=S) groups is 1. The van der Waals surface area contributed by atoms with Gasteiger partial charge in [0.2, 0.25) is 6.79 Å². The third kappa shape index (κ3) is 3.46. The molecule has 2 aliphatic rings. The summed E-state index contributed by atoms with van der Waals surface area (Å²) in [4.78, 5) is 6.65. The minimum absolute atomic E-state index is 0.0612. The Kier molecular flexibility index (Phi) is 5.12. The van der Waals surface area contributed by atoms with Crippen molar-refractivity contribution in [1.82, 2.24) is 14.9 Å². The van der Waals surface area contributed by atoms with Gasteiger partial charge >= 0.3 is 0 Å². The minimum Gasteiger partial charge on any atom is -0.454 e. The Hall–Kier alpha value is -3.62. The predicted octanol–water partition coefficient (Wildman–Crippen LogP) is 5.57. The zero-order chi connectivity index (χ0) is 23.2. The summed E-state index contributed by atoms with van der Waals surface area (Å²) in [5.74, 6) is 0.904. The van der Waals surface area contributed by atoms with E-state index in [2.05, 4.69) is 10.3 Å². The molecule has 4 heterocycles. The Morgan fingerprint density at radius 2 is 1.85 bits per heavy atom. The predicted molar refractivity (Wildman–Crippen MR) is 131 cm³/mol. The monoisotopic (exact) mass is 492 g/mol. The van der Waals surface area contributed by atoms with Gasteiger partial charge in [0.1, 0.15) is 11.9 Å². The van der Waals surface area contributed by atoms with Gasteiger partial charge in [0.15, 0.2) is 16.6 Å². The number of nitrogens with zero attached hydrogens (tertiary/aromatic N) is 3. The van der Waals surface area contributed by atoms with Crippen molar-refractivity contribution in [2.24, 2.45) is 0 Å². The van der Waals surface area contributed by atoms with Crippen LogP contribution >= 0.6 is 23.8 Å². The highest BCUT2D eigenvalue weighted by Gasteiger charge is 2.42. The van der Waals surface area contributed by atoms with Crippen LogP contribution in [-0.4, -0.2) is 21.5 Å². The molecule has 0 aliphatic carbocycles. The number of halogens is 2. The molecule has 6 nitrogen and oxygen atoms in total. The standard InChI is InChI=1S/C25H18ClFN4O2S/c26-17-12-15(6-8-18(17)27)30-11-3-5-20(30)24-23(19-4-1-2-10-28-19)29-25(34)31(24)16-7-9-21-22(13-16)33-14-32-21/h1-13,23-24H,14H2,(H,29,34). The molecule has 6 rings (SSSR count). The Labute approximate surface area is 205 Å². The highest BCUT2D eigenvalue weighted by Crippen LogP contribution is 2.45. The number of pyridine rings is 1. The fourth-order valence-corrected chi connectivity index (χ4v) is 4.99. The van der Waals surface area contributed by atoms with E-state index in [0.29, 0.717) is 16.6 Å². The highest BCUT2D eigenvalue weighted by atomic mass is 35.5. The van der Waals surface area contributed by atoms with Crippen LogP contribution in [0.4, 0.5) is 10.1 Å². The van der Waals surface area contributed by atoms with Crippen LogP contribution in [0, 0.1) is 5.82 Å². The van der Waals surface area contributed by atoms with Crippen LogP contribution in [0.2, 0.25) is 5.02 Å². The molecule has 0 amide bonds. The molecular weight excluding hydrogens is 475 g/mol. The molecule has 9 heteroatoms. The van der Waals surface area contributed by atoms with Crippen LogP contribution in [0.5, 0.6) is 11.5 Å².